The average molecular weight is 513 g/mol. The monoisotopic (exact) mass is 512 g/mol. The van der Waals surface area contributed by atoms with Crippen LogP contribution in [0.1, 0.15) is 53.0 Å². The number of carbonyl (C=O) groups is 1. The fraction of sp³-hybridized carbons (Fsp3) is 0.323. The number of piperidine rings is 1. The summed E-state index contributed by atoms with van der Waals surface area (Å²) >= 11 is 0. The molecule has 0 radical (unpaired) electrons. The van der Waals surface area contributed by atoms with Gasteiger partial charge in [-0.15, -0.1) is 0 Å². The van der Waals surface area contributed by atoms with Crippen molar-refractivity contribution in [2.45, 2.75) is 32.2 Å². The Morgan fingerprint density at radius 2 is 1.79 bits per heavy atom. The molecule has 0 saturated carbocycles. The van der Waals surface area contributed by atoms with Gasteiger partial charge in [-0.25, -0.2) is 9.37 Å². The lowest BCUT2D eigenvalue weighted by molar-refractivity contribution is 0.0840. The molecule has 0 amide bonds. The molecule has 4 aromatic rings. The number of ketones is 1. The maximum atomic E-state index is 13.2. The van der Waals surface area contributed by atoms with Gasteiger partial charge < -0.3 is 15.2 Å². The molecule has 2 N–H and O–H groups in total. The van der Waals surface area contributed by atoms with E-state index in [1.807, 2.05) is 37.3 Å². The Morgan fingerprint density at radius 3 is 2.50 bits per heavy atom. The molecule has 3 aromatic carbocycles. The highest BCUT2D eigenvalue weighted by molar-refractivity contribution is 5.97. The van der Waals surface area contributed by atoms with E-state index in [1.54, 1.807) is 12.1 Å². The minimum absolute atomic E-state index is 0.00806. The molecule has 1 aromatic heterocycles. The summed E-state index contributed by atoms with van der Waals surface area (Å²) < 4.78 is 13.2. The van der Waals surface area contributed by atoms with Gasteiger partial charge in [-0.1, -0.05) is 43.3 Å². The Kier molecular flexibility index (Phi) is 8.05. The number of aryl methyl sites for hydroxylation is 1. The van der Waals surface area contributed by atoms with Gasteiger partial charge in [0.1, 0.15) is 11.5 Å². The number of hydrogen-bond acceptors (Lipinski definition) is 5. The van der Waals surface area contributed by atoms with Crippen molar-refractivity contribution in [1.82, 2.24) is 20.2 Å². The first-order valence-electron chi connectivity index (χ1n) is 13.3. The largest absolute Gasteiger partial charge is 0.319 e. The highest BCUT2D eigenvalue weighted by atomic mass is 19.1. The minimum atomic E-state index is -0.321. The van der Waals surface area contributed by atoms with Gasteiger partial charge in [-0.05, 0) is 79.9 Å². The summed E-state index contributed by atoms with van der Waals surface area (Å²) in [4.78, 5) is 34.9. The van der Waals surface area contributed by atoms with E-state index in [4.69, 9.17) is 0 Å². The maximum absolute atomic E-state index is 13.2. The van der Waals surface area contributed by atoms with Gasteiger partial charge in [0.05, 0.1) is 17.1 Å². The summed E-state index contributed by atoms with van der Waals surface area (Å²) in [5, 5.41) is 3.73. The van der Waals surface area contributed by atoms with Crippen LogP contribution in [-0.4, -0.2) is 46.8 Å². The van der Waals surface area contributed by atoms with Crippen molar-refractivity contribution in [3.8, 4) is 0 Å². The number of H-pyrrole nitrogens is 1. The zero-order valence-corrected chi connectivity index (χ0v) is 21.6. The summed E-state index contributed by atoms with van der Waals surface area (Å²) in [7, 11) is 0. The first kappa shape index (κ1) is 25.9. The number of Topliss-reactive ketones (excluding diaryl/α,β-unsaturated/α-hetero) is 1. The number of aromatic nitrogens is 2. The van der Waals surface area contributed by atoms with Crippen molar-refractivity contribution in [3.05, 3.63) is 111 Å². The van der Waals surface area contributed by atoms with Crippen LogP contribution in [-0.2, 0) is 6.42 Å². The van der Waals surface area contributed by atoms with Gasteiger partial charge >= 0.3 is 0 Å². The van der Waals surface area contributed by atoms with Gasteiger partial charge in [0.2, 0.25) is 0 Å². The molecule has 1 unspecified atom stereocenters. The van der Waals surface area contributed by atoms with Gasteiger partial charge in [0.15, 0.2) is 5.78 Å². The number of benzene rings is 3. The second-order valence-electron chi connectivity index (χ2n) is 9.93. The van der Waals surface area contributed by atoms with Crippen LogP contribution in [0.4, 0.5) is 4.39 Å². The maximum Gasteiger partial charge on any atom is 0.270 e. The topological polar surface area (TPSA) is 78.1 Å². The first-order chi connectivity index (χ1) is 18.5. The predicted molar refractivity (Wildman–Crippen MR) is 148 cm³/mol. The van der Waals surface area contributed by atoms with Crippen LogP contribution in [0.3, 0.4) is 0 Å². The lowest BCUT2D eigenvalue weighted by Crippen LogP contribution is -2.40. The van der Waals surface area contributed by atoms with Gasteiger partial charge in [0, 0.05) is 24.6 Å². The zero-order chi connectivity index (χ0) is 26.5. The Hall–Kier alpha value is -3.68. The second kappa shape index (κ2) is 11.8. The fourth-order valence-electron chi connectivity index (χ4n) is 5.27. The van der Waals surface area contributed by atoms with Crippen LogP contribution in [0, 0.1) is 11.7 Å². The van der Waals surface area contributed by atoms with Crippen molar-refractivity contribution in [2.75, 3.05) is 26.2 Å². The van der Waals surface area contributed by atoms with E-state index in [0.717, 1.165) is 61.2 Å². The van der Waals surface area contributed by atoms with Crippen molar-refractivity contribution < 1.29 is 9.18 Å². The Bertz CT molecular complexity index is 1440. The van der Waals surface area contributed by atoms with Crippen LogP contribution in [0.2, 0.25) is 0 Å². The molecule has 196 valence electrons. The normalized spacial score (nSPS) is 15.5. The highest BCUT2D eigenvalue weighted by Crippen LogP contribution is 2.25. The molecule has 5 rings (SSSR count). The molecule has 1 aliphatic rings. The van der Waals surface area contributed by atoms with E-state index in [-0.39, 0.29) is 29.1 Å². The number of nitrogens with one attached hydrogen (secondary N) is 2. The van der Waals surface area contributed by atoms with Crippen molar-refractivity contribution in [2.24, 2.45) is 5.92 Å². The average Bonchev–Trinajstić information content (AvgIpc) is 2.95. The molecule has 1 saturated heterocycles. The van der Waals surface area contributed by atoms with Gasteiger partial charge in [-0.2, -0.15) is 0 Å². The molecule has 0 spiro atoms. The van der Waals surface area contributed by atoms with Crippen molar-refractivity contribution in [3.63, 3.8) is 0 Å². The van der Waals surface area contributed by atoms with E-state index in [0.29, 0.717) is 17.7 Å². The summed E-state index contributed by atoms with van der Waals surface area (Å²) in [6.07, 6.45) is 2.21. The van der Waals surface area contributed by atoms with Crippen LogP contribution in [0.25, 0.3) is 11.0 Å². The molecule has 38 heavy (non-hydrogen) atoms. The quantitative estimate of drug-likeness (QED) is 0.312. The Morgan fingerprint density at radius 1 is 1.05 bits per heavy atom. The molecule has 2 heterocycles. The minimum Gasteiger partial charge on any atom is -0.319 e. The van der Waals surface area contributed by atoms with E-state index in [2.05, 4.69) is 38.4 Å². The molecule has 6 nitrogen and oxygen atoms in total. The molecular formula is C31H33FN4O2. The van der Waals surface area contributed by atoms with Gasteiger partial charge in [0.25, 0.3) is 5.56 Å². The number of rotatable bonds is 9. The zero-order valence-electron chi connectivity index (χ0n) is 21.6. The summed E-state index contributed by atoms with van der Waals surface area (Å²) in [5.41, 5.74) is 4.78. The third-order valence-electron chi connectivity index (χ3n) is 7.45. The van der Waals surface area contributed by atoms with E-state index in [1.165, 1.54) is 12.1 Å². The predicted octanol–water partition coefficient (Wildman–Crippen LogP) is 4.90. The van der Waals surface area contributed by atoms with Crippen molar-refractivity contribution in [1.29, 1.82) is 0 Å². The van der Waals surface area contributed by atoms with Crippen LogP contribution >= 0.6 is 0 Å². The lowest BCUT2D eigenvalue weighted by Gasteiger charge is -2.32. The van der Waals surface area contributed by atoms with Crippen LogP contribution in [0.15, 0.2) is 77.6 Å². The second-order valence-corrected chi connectivity index (χ2v) is 9.93. The van der Waals surface area contributed by atoms with E-state index < -0.39 is 0 Å². The number of fused-ring (bicyclic) bond motifs is 1. The summed E-state index contributed by atoms with van der Waals surface area (Å²) in [6, 6.07) is 22.2. The smallest absolute Gasteiger partial charge is 0.270 e. The number of carbonyl (C=O) groups excluding carboxylic acids is 1. The van der Waals surface area contributed by atoms with E-state index >= 15 is 0 Å². The van der Waals surface area contributed by atoms with E-state index in [9.17, 15) is 14.0 Å². The first-order valence-corrected chi connectivity index (χ1v) is 13.3. The van der Waals surface area contributed by atoms with Crippen molar-refractivity contribution >= 4 is 16.8 Å². The number of aromatic amines is 1. The molecule has 7 heteroatoms. The number of nitrogens with zero attached hydrogens (tertiary/aromatic N) is 2. The highest BCUT2D eigenvalue weighted by Gasteiger charge is 2.26. The number of hydrogen-bond donors (Lipinski definition) is 2. The SMILES string of the molecule is CCc1nc2cc(C(NCCN3CCC(C(=O)c4ccc(F)cc4)CC3)c3ccccc3)ccc2[nH]c1=O. The number of halogens is 1. The third kappa shape index (κ3) is 5.90. The van der Waals surface area contributed by atoms with Crippen LogP contribution < -0.4 is 10.9 Å². The molecule has 1 atom stereocenters. The third-order valence-corrected chi connectivity index (χ3v) is 7.45. The summed E-state index contributed by atoms with van der Waals surface area (Å²) in [5.74, 6) is -0.214. The molecule has 1 fully saturated rings. The van der Waals surface area contributed by atoms with Crippen LogP contribution in [0.5, 0.6) is 0 Å². The lowest BCUT2D eigenvalue weighted by atomic mass is 9.89. The number of likely N-dealkylation sites (tertiary alicyclic amines) is 1. The van der Waals surface area contributed by atoms with Gasteiger partial charge in [-0.3, -0.25) is 9.59 Å². The standard InChI is InChI=1S/C31H33FN4O2/c1-2-26-31(38)35-27-13-10-24(20-28(27)34-26)29(21-6-4-3-5-7-21)33-16-19-36-17-14-23(15-18-36)30(37)22-8-11-25(32)12-9-22/h3-13,20,23,29,33H,2,14-19H2,1H3,(H,35,38). The molecular weight excluding hydrogens is 479 g/mol. The summed E-state index contributed by atoms with van der Waals surface area (Å²) in [6.45, 7) is 5.32. The molecule has 0 bridgehead atoms. The molecule has 0 aliphatic carbocycles. The Balaban J connectivity index is 1.23. The fourth-order valence-corrected chi connectivity index (χ4v) is 5.27. The molecule has 1 aliphatic heterocycles. The Labute approximate surface area is 221 Å².